The number of aromatic nitrogens is 2. The second-order valence-electron chi connectivity index (χ2n) is 4.66. The number of nitrogens with two attached hydrogens (primary N) is 1. The van der Waals surface area contributed by atoms with Crippen LogP contribution in [0.15, 0.2) is 65.3 Å². The number of halogens is 2. The predicted molar refractivity (Wildman–Crippen MR) is 83.7 cm³/mol. The van der Waals surface area contributed by atoms with E-state index >= 15 is 0 Å². The normalized spacial score (nSPS) is 12.3. The predicted octanol–water partition coefficient (Wildman–Crippen LogP) is 3.82. The second-order valence-corrected chi connectivity index (χ2v) is 5.58. The molecule has 0 spiro atoms. The van der Waals surface area contributed by atoms with Gasteiger partial charge in [-0.3, -0.25) is 0 Å². The zero-order chi connectivity index (χ0) is 14.8. The van der Waals surface area contributed by atoms with Crippen LogP contribution in [-0.2, 0) is 0 Å². The van der Waals surface area contributed by atoms with E-state index in [4.69, 9.17) is 5.73 Å². The van der Waals surface area contributed by atoms with Crippen LogP contribution >= 0.6 is 15.9 Å². The van der Waals surface area contributed by atoms with Crippen molar-refractivity contribution in [1.29, 1.82) is 0 Å². The molecule has 0 fully saturated rings. The summed E-state index contributed by atoms with van der Waals surface area (Å²) in [4.78, 5) is 0. The molecule has 0 amide bonds. The van der Waals surface area contributed by atoms with Crippen molar-refractivity contribution < 1.29 is 4.39 Å². The van der Waals surface area contributed by atoms with Gasteiger partial charge in [0.05, 0.1) is 17.4 Å². The van der Waals surface area contributed by atoms with Gasteiger partial charge in [-0.15, -0.1) is 0 Å². The largest absolute Gasteiger partial charge is 0.319 e. The van der Waals surface area contributed by atoms with Crippen LogP contribution in [0.25, 0.3) is 5.69 Å². The zero-order valence-corrected chi connectivity index (χ0v) is 12.7. The topological polar surface area (TPSA) is 43.8 Å². The van der Waals surface area contributed by atoms with Crippen LogP contribution in [0.4, 0.5) is 4.39 Å². The third-order valence-corrected chi connectivity index (χ3v) is 3.74. The van der Waals surface area contributed by atoms with Crippen LogP contribution < -0.4 is 5.73 Å². The van der Waals surface area contributed by atoms with E-state index in [0.29, 0.717) is 11.3 Å². The summed E-state index contributed by atoms with van der Waals surface area (Å²) in [5.41, 5.74) is 8.12. The Labute approximate surface area is 130 Å². The van der Waals surface area contributed by atoms with E-state index in [0.717, 1.165) is 10.2 Å². The fraction of sp³-hybridized carbons (Fsp3) is 0.0625. The van der Waals surface area contributed by atoms with Gasteiger partial charge in [0.15, 0.2) is 0 Å². The van der Waals surface area contributed by atoms with Crippen LogP contribution in [0.3, 0.4) is 0 Å². The first-order valence-corrected chi connectivity index (χ1v) is 7.26. The maximum Gasteiger partial charge on any atom is 0.128 e. The highest BCUT2D eigenvalue weighted by Gasteiger charge is 2.16. The zero-order valence-electron chi connectivity index (χ0n) is 11.1. The van der Waals surface area contributed by atoms with Crippen LogP contribution in [-0.4, -0.2) is 9.78 Å². The average molecular weight is 346 g/mol. The molecule has 1 heterocycles. The van der Waals surface area contributed by atoms with E-state index in [2.05, 4.69) is 21.0 Å². The third kappa shape index (κ3) is 2.89. The molecule has 21 heavy (non-hydrogen) atoms. The Balaban J connectivity index is 1.94. The molecule has 0 aliphatic rings. The van der Waals surface area contributed by atoms with E-state index in [-0.39, 0.29) is 5.82 Å². The van der Waals surface area contributed by atoms with Crippen molar-refractivity contribution in [2.45, 2.75) is 6.04 Å². The molecule has 2 N–H and O–H groups in total. The van der Waals surface area contributed by atoms with Crippen molar-refractivity contribution in [2.24, 2.45) is 5.73 Å². The molecule has 0 bridgehead atoms. The minimum atomic E-state index is -0.604. The molecule has 3 rings (SSSR count). The highest BCUT2D eigenvalue weighted by atomic mass is 79.9. The van der Waals surface area contributed by atoms with Gasteiger partial charge in [-0.05, 0) is 36.4 Å². The lowest BCUT2D eigenvalue weighted by molar-refractivity contribution is 0.595. The maximum atomic E-state index is 13.9. The van der Waals surface area contributed by atoms with E-state index in [1.165, 1.54) is 6.07 Å². The Bertz CT molecular complexity index is 755. The summed E-state index contributed by atoms with van der Waals surface area (Å²) in [6, 6.07) is 15.6. The molecular weight excluding hydrogens is 333 g/mol. The molecule has 1 unspecified atom stereocenters. The quantitative estimate of drug-likeness (QED) is 0.784. The first-order valence-electron chi connectivity index (χ1n) is 6.46. The number of benzene rings is 2. The summed E-state index contributed by atoms with van der Waals surface area (Å²) in [7, 11) is 0. The lowest BCUT2D eigenvalue weighted by atomic mass is 10.0. The molecule has 2 aromatic carbocycles. The maximum absolute atomic E-state index is 13.9. The van der Waals surface area contributed by atoms with Crippen molar-refractivity contribution in [3.8, 4) is 5.69 Å². The molecule has 0 aliphatic carbocycles. The summed E-state index contributed by atoms with van der Waals surface area (Å²) in [5, 5.41) is 4.44. The minimum absolute atomic E-state index is 0.333. The van der Waals surface area contributed by atoms with Crippen LogP contribution in [0.2, 0.25) is 0 Å². The fourth-order valence-electron chi connectivity index (χ4n) is 2.14. The highest BCUT2D eigenvalue weighted by Crippen LogP contribution is 2.24. The highest BCUT2D eigenvalue weighted by molar-refractivity contribution is 9.10. The number of hydrogen-bond donors (Lipinski definition) is 1. The molecule has 3 aromatic rings. The Morgan fingerprint density at radius 2 is 1.86 bits per heavy atom. The van der Waals surface area contributed by atoms with Gasteiger partial charge >= 0.3 is 0 Å². The summed E-state index contributed by atoms with van der Waals surface area (Å²) in [6.07, 6.45) is 1.82. The molecule has 0 saturated heterocycles. The van der Waals surface area contributed by atoms with Crippen LogP contribution in [0, 0.1) is 5.82 Å². The minimum Gasteiger partial charge on any atom is -0.319 e. The molecule has 0 aliphatic heterocycles. The Morgan fingerprint density at radius 3 is 2.62 bits per heavy atom. The summed E-state index contributed by atoms with van der Waals surface area (Å²) >= 11 is 3.33. The molecule has 1 atom stereocenters. The van der Waals surface area contributed by atoms with Gasteiger partial charge in [-0.1, -0.05) is 34.1 Å². The van der Waals surface area contributed by atoms with Gasteiger partial charge in [0.25, 0.3) is 0 Å². The van der Waals surface area contributed by atoms with Crippen molar-refractivity contribution in [3.05, 3.63) is 82.3 Å². The van der Waals surface area contributed by atoms with Gasteiger partial charge < -0.3 is 5.73 Å². The molecule has 0 saturated carbocycles. The monoisotopic (exact) mass is 345 g/mol. The molecule has 106 valence electrons. The molecule has 5 heteroatoms. The SMILES string of the molecule is NC(c1ccn(-c2ccccc2)n1)c1cc(Br)ccc1F. The summed E-state index contributed by atoms with van der Waals surface area (Å²) in [6.45, 7) is 0. The molecule has 3 nitrogen and oxygen atoms in total. The number of rotatable bonds is 3. The van der Waals surface area contributed by atoms with Crippen molar-refractivity contribution in [3.63, 3.8) is 0 Å². The van der Waals surface area contributed by atoms with E-state index < -0.39 is 6.04 Å². The van der Waals surface area contributed by atoms with Crippen molar-refractivity contribution >= 4 is 15.9 Å². The van der Waals surface area contributed by atoms with Gasteiger partial charge in [-0.25, -0.2) is 9.07 Å². The summed E-state index contributed by atoms with van der Waals surface area (Å²) in [5.74, 6) is -0.333. The standard InChI is InChI=1S/C16H13BrFN3/c17-11-6-7-14(18)13(10-11)16(19)15-8-9-21(20-15)12-4-2-1-3-5-12/h1-10,16H,19H2. The lowest BCUT2D eigenvalue weighted by Gasteiger charge is -2.11. The van der Waals surface area contributed by atoms with Gasteiger partial charge in [0.2, 0.25) is 0 Å². The number of nitrogens with zero attached hydrogens (tertiary/aromatic N) is 2. The molecule has 1 aromatic heterocycles. The molecule has 0 radical (unpaired) electrons. The smallest absolute Gasteiger partial charge is 0.128 e. The number of hydrogen-bond acceptors (Lipinski definition) is 2. The Kier molecular flexibility index (Phi) is 3.86. The first-order chi connectivity index (χ1) is 10.1. The van der Waals surface area contributed by atoms with Crippen LogP contribution in [0.1, 0.15) is 17.3 Å². The van der Waals surface area contributed by atoms with E-state index in [9.17, 15) is 4.39 Å². The first kappa shape index (κ1) is 14.0. The number of para-hydroxylation sites is 1. The average Bonchev–Trinajstić information content (AvgIpc) is 3.00. The second kappa shape index (κ2) is 5.79. The van der Waals surface area contributed by atoms with Gasteiger partial charge in [0.1, 0.15) is 5.82 Å². The third-order valence-electron chi connectivity index (χ3n) is 3.24. The van der Waals surface area contributed by atoms with E-state index in [1.807, 2.05) is 36.5 Å². The van der Waals surface area contributed by atoms with Crippen molar-refractivity contribution in [1.82, 2.24) is 9.78 Å². The lowest BCUT2D eigenvalue weighted by Crippen LogP contribution is -2.14. The molecular formula is C16H13BrFN3. The Morgan fingerprint density at radius 1 is 1.10 bits per heavy atom. The van der Waals surface area contributed by atoms with Gasteiger partial charge in [0, 0.05) is 16.2 Å². The van der Waals surface area contributed by atoms with E-state index in [1.54, 1.807) is 22.9 Å². The van der Waals surface area contributed by atoms with Crippen molar-refractivity contribution in [2.75, 3.05) is 0 Å². The fourth-order valence-corrected chi connectivity index (χ4v) is 2.52. The van der Waals surface area contributed by atoms with Gasteiger partial charge in [-0.2, -0.15) is 5.10 Å². The summed E-state index contributed by atoms with van der Waals surface area (Å²) < 4.78 is 16.4. The Hall–Kier alpha value is -1.98. The van der Waals surface area contributed by atoms with Crippen LogP contribution in [0.5, 0.6) is 0 Å².